The van der Waals surface area contributed by atoms with E-state index in [2.05, 4.69) is 83.4 Å². The van der Waals surface area contributed by atoms with Gasteiger partial charge in [0.15, 0.2) is 8.32 Å². The minimum atomic E-state index is -2.21. The highest BCUT2D eigenvalue weighted by Gasteiger charge is 2.41. The van der Waals surface area contributed by atoms with E-state index in [9.17, 15) is 9.59 Å². The normalized spacial score (nSPS) is 14.0. The molecule has 2 aromatic rings. The lowest BCUT2D eigenvalue weighted by Crippen LogP contribution is -2.51. The average Bonchev–Trinajstić information content (AvgIpc) is 2.86. The highest BCUT2D eigenvalue weighted by Crippen LogP contribution is 2.39. The van der Waals surface area contributed by atoms with E-state index in [-0.39, 0.29) is 16.0 Å². The lowest BCUT2D eigenvalue weighted by molar-refractivity contribution is -0.128. The first-order chi connectivity index (χ1) is 19.1. The van der Waals surface area contributed by atoms with Gasteiger partial charge in [-0.3, -0.25) is 20.4 Å². The van der Waals surface area contributed by atoms with Crippen molar-refractivity contribution < 1.29 is 18.4 Å². The Balaban J connectivity index is 2.29. The third-order valence-electron chi connectivity index (χ3n) is 8.80. The summed E-state index contributed by atoms with van der Waals surface area (Å²) in [6.07, 6.45) is -0.111. The highest BCUT2D eigenvalue weighted by molar-refractivity contribution is 6.75. The molecule has 0 radical (unpaired) electrons. The summed E-state index contributed by atoms with van der Waals surface area (Å²) in [5, 5.41) is 0.341. The number of amides is 2. The van der Waals surface area contributed by atoms with Crippen LogP contribution in [0.1, 0.15) is 70.0 Å². The predicted molar refractivity (Wildman–Crippen MR) is 177 cm³/mol. The summed E-state index contributed by atoms with van der Waals surface area (Å²) in [5.41, 5.74) is 7.58. The number of carbonyl (C=O) groups is 2. The van der Waals surface area contributed by atoms with Gasteiger partial charge in [-0.25, -0.2) is 4.85 Å². The van der Waals surface area contributed by atoms with Crippen LogP contribution in [0.5, 0.6) is 5.75 Å². The Hall–Kier alpha value is -2.65. The second kappa shape index (κ2) is 13.3. The van der Waals surface area contributed by atoms with Crippen molar-refractivity contribution in [2.24, 2.45) is 5.92 Å². The van der Waals surface area contributed by atoms with E-state index in [1.54, 1.807) is 24.3 Å². The fourth-order valence-electron chi connectivity index (χ4n) is 3.88. The molecule has 7 nitrogen and oxygen atoms in total. The van der Waals surface area contributed by atoms with Crippen LogP contribution in [-0.2, 0) is 15.6 Å². The van der Waals surface area contributed by atoms with Crippen molar-refractivity contribution in [2.45, 2.75) is 104 Å². The third-order valence-corrected chi connectivity index (χ3v) is 18.2. The molecule has 0 saturated carbocycles. The molecule has 230 valence electrons. The number of rotatable bonds is 9. The fraction of sp³-hybridized carbons (Fsp3) is 0.531. The molecular formula is C32H48ClN3O4Si2. The highest BCUT2D eigenvalue weighted by atomic mass is 35.5. The topological polar surface area (TPSA) is 81.0 Å². The van der Waals surface area contributed by atoms with Gasteiger partial charge in [-0.2, -0.15) is 0 Å². The first-order valence-corrected chi connectivity index (χ1v) is 20.5. The molecule has 0 saturated heterocycles. The van der Waals surface area contributed by atoms with Crippen LogP contribution in [0.2, 0.25) is 41.3 Å². The van der Waals surface area contributed by atoms with E-state index in [0.29, 0.717) is 28.4 Å². The molecule has 2 amide bonds. The smallest absolute Gasteiger partial charge is 0.269 e. The molecule has 10 heteroatoms. The molecule has 0 heterocycles. The first-order valence-electron chi connectivity index (χ1n) is 14.3. The zero-order chi connectivity index (χ0) is 32.3. The number of benzene rings is 2. The van der Waals surface area contributed by atoms with Gasteiger partial charge in [-0.15, -0.1) is 0 Å². The number of hydrogen-bond acceptors (Lipinski definition) is 4. The molecule has 2 rings (SSSR count). The zero-order valence-corrected chi connectivity index (χ0v) is 30.0. The van der Waals surface area contributed by atoms with E-state index in [1.165, 1.54) is 0 Å². The maximum atomic E-state index is 13.7. The third kappa shape index (κ3) is 8.69. The number of carbonyl (C=O) groups excluding carboxylic acids is 2. The van der Waals surface area contributed by atoms with Crippen molar-refractivity contribution in [3.63, 3.8) is 0 Å². The second-order valence-corrected chi connectivity index (χ2v) is 23.9. The van der Waals surface area contributed by atoms with Gasteiger partial charge >= 0.3 is 0 Å². The maximum Gasteiger partial charge on any atom is 0.269 e. The van der Waals surface area contributed by atoms with E-state index in [1.807, 2.05) is 26.0 Å². The molecule has 0 bridgehead atoms. The maximum absolute atomic E-state index is 13.7. The monoisotopic (exact) mass is 629 g/mol. The molecule has 0 aliphatic heterocycles. The molecule has 42 heavy (non-hydrogen) atoms. The van der Waals surface area contributed by atoms with Crippen molar-refractivity contribution in [1.82, 2.24) is 10.9 Å². The van der Waals surface area contributed by atoms with Crippen molar-refractivity contribution in [3.8, 4) is 5.75 Å². The van der Waals surface area contributed by atoms with Crippen LogP contribution in [-0.4, -0.2) is 34.6 Å². The quantitative estimate of drug-likeness (QED) is 0.165. The molecule has 0 spiro atoms. The van der Waals surface area contributed by atoms with Gasteiger partial charge in [0.2, 0.25) is 19.9 Å². The molecule has 0 aromatic heterocycles. The van der Waals surface area contributed by atoms with Gasteiger partial charge in [0.05, 0.1) is 23.6 Å². The van der Waals surface area contributed by atoms with E-state index < -0.39 is 34.6 Å². The summed E-state index contributed by atoms with van der Waals surface area (Å²) >= 11 is 6.45. The Labute approximate surface area is 259 Å². The van der Waals surface area contributed by atoms with Crippen molar-refractivity contribution in [3.05, 3.63) is 69.5 Å². The summed E-state index contributed by atoms with van der Waals surface area (Å²) in [7, 11) is -4.30. The van der Waals surface area contributed by atoms with Crippen molar-refractivity contribution >= 4 is 45.7 Å². The molecule has 0 fully saturated rings. The van der Waals surface area contributed by atoms with Crippen LogP contribution in [0, 0.1) is 19.4 Å². The SMILES string of the molecule is [C-]#[N+]c1ccc(C[C@@H](C(=O)NNC(=O)c2cccc(O[Si](C)(C)C(C)(C)C)c2)[C@H](C)O[Si](C)(C)C(C)(C)C)c(C)c1Cl. The Morgan fingerprint density at radius 1 is 0.976 bits per heavy atom. The average molecular weight is 630 g/mol. The van der Waals surface area contributed by atoms with Crippen LogP contribution < -0.4 is 15.3 Å². The summed E-state index contributed by atoms with van der Waals surface area (Å²) in [6, 6.07) is 10.5. The number of halogens is 1. The lowest BCUT2D eigenvalue weighted by Gasteiger charge is -2.40. The molecule has 2 N–H and O–H groups in total. The van der Waals surface area contributed by atoms with Gasteiger partial charge < -0.3 is 8.85 Å². The summed E-state index contributed by atoms with van der Waals surface area (Å²) < 4.78 is 13.0. The molecule has 2 atom stereocenters. The Morgan fingerprint density at radius 3 is 2.12 bits per heavy atom. The minimum Gasteiger partial charge on any atom is -0.543 e. The molecule has 2 aromatic carbocycles. The van der Waals surface area contributed by atoms with Crippen molar-refractivity contribution in [1.29, 1.82) is 0 Å². The standard InChI is InChI=1S/C32H48ClN3O4Si2/c1-21-23(17-18-27(34-9)28(21)33)20-26(22(2)39-41(10,11)31(3,4)5)30(38)36-35-29(37)24-15-14-16-25(19-24)40-42(12,13)32(6,7)8/h14-19,22,26H,20H2,1-8,10-13H3,(H,35,37)(H,36,38)/t22-,26+/m0/s1. The first kappa shape index (κ1) is 35.5. The van der Waals surface area contributed by atoms with Crippen LogP contribution in [0.4, 0.5) is 5.69 Å². The summed E-state index contributed by atoms with van der Waals surface area (Å²) in [6.45, 7) is 32.6. The van der Waals surface area contributed by atoms with Gasteiger partial charge in [0, 0.05) is 5.56 Å². The molecular weight excluding hydrogens is 582 g/mol. The van der Waals surface area contributed by atoms with Crippen LogP contribution >= 0.6 is 11.6 Å². The minimum absolute atomic E-state index is 0.0102. The van der Waals surface area contributed by atoms with Gasteiger partial charge in [0.1, 0.15) is 5.75 Å². The van der Waals surface area contributed by atoms with Gasteiger partial charge in [-0.05, 0) is 85.9 Å². The lowest BCUT2D eigenvalue weighted by atomic mass is 9.91. The van der Waals surface area contributed by atoms with Gasteiger partial charge in [-0.1, -0.05) is 71.3 Å². The van der Waals surface area contributed by atoms with Crippen LogP contribution in [0.25, 0.3) is 4.85 Å². The molecule has 0 unspecified atom stereocenters. The number of nitrogens with one attached hydrogen (secondary N) is 2. The Morgan fingerprint density at radius 2 is 1.57 bits per heavy atom. The predicted octanol–water partition coefficient (Wildman–Crippen LogP) is 8.61. The Bertz CT molecular complexity index is 1340. The van der Waals surface area contributed by atoms with E-state index >= 15 is 0 Å². The largest absolute Gasteiger partial charge is 0.543 e. The van der Waals surface area contributed by atoms with Crippen LogP contribution in [0.15, 0.2) is 36.4 Å². The number of nitrogens with zero attached hydrogens (tertiary/aromatic N) is 1. The van der Waals surface area contributed by atoms with E-state index in [4.69, 9.17) is 27.0 Å². The summed E-state index contributed by atoms with van der Waals surface area (Å²) in [5.74, 6) is -0.805. The fourth-order valence-corrected chi connectivity index (χ4v) is 6.58. The van der Waals surface area contributed by atoms with Crippen LogP contribution in [0.3, 0.4) is 0 Å². The van der Waals surface area contributed by atoms with Gasteiger partial charge in [0.25, 0.3) is 5.91 Å². The molecule has 0 aliphatic rings. The Kier molecular flexibility index (Phi) is 11.3. The number of hydrazine groups is 1. The zero-order valence-electron chi connectivity index (χ0n) is 27.3. The second-order valence-electron chi connectivity index (χ2n) is 14.0. The van der Waals surface area contributed by atoms with E-state index in [0.717, 1.165) is 11.1 Å². The molecule has 0 aliphatic carbocycles. The van der Waals surface area contributed by atoms with Crippen molar-refractivity contribution in [2.75, 3.05) is 0 Å². The number of hydrogen-bond donors (Lipinski definition) is 2. The summed E-state index contributed by atoms with van der Waals surface area (Å²) in [4.78, 5) is 30.2.